The van der Waals surface area contributed by atoms with Crippen molar-refractivity contribution in [1.29, 1.82) is 0 Å². The Bertz CT molecular complexity index is 516. The molecule has 0 aliphatic carbocycles. The highest BCUT2D eigenvalue weighted by Crippen LogP contribution is 2.15. The van der Waals surface area contributed by atoms with Crippen LogP contribution in [0.2, 0.25) is 0 Å². The maximum absolute atomic E-state index is 11.8. The van der Waals surface area contributed by atoms with E-state index in [1.54, 1.807) is 11.3 Å². The molecule has 0 radical (unpaired) electrons. The number of rotatable bonds is 4. The predicted octanol–water partition coefficient (Wildman–Crippen LogP) is 2.79. The summed E-state index contributed by atoms with van der Waals surface area (Å²) in [5.74, 6) is 0.0180. The Hall–Kier alpha value is -1.20. The fraction of sp³-hybridized carbons (Fsp3) is 0.333. The number of carbonyl (C=O) groups is 1. The van der Waals surface area contributed by atoms with Gasteiger partial charge >= 0.3 is 0 Å². The molecule has 0 aliphatic heterocycles. The van der Waals surface area contributed by atoms with Crippen LogP contribution in [0.3, 0.4) is 0 Å². The Morgan fingerprint density at radius 2 is 2.24 bits per heavy atom. The normalized spacial score (nSPS) is 10.5. The van der Waals surface area contributed by atoms with Crippen LogP contribution in [0, 0.1) is 13.8 Å². The predicted molar refractivity (Wildman–Crippen MR) is 71.9 cm³/mol. The van der Waals surface area contributed by atoms with Gasteiger partial charge in [-0.3, -0.25) is 4.79 Å². The molecule has 17 heavy (non-hydrogen) atoms. The zero-order valence-electron chi connectivity index (χ0n) is 9.82. The lowest BCUT2D eigenvalue weighted by atomic mass is 10.2. The molecule has 1 N–H and O–H groups in total. The van der Waals surface area contributed by atoms with Crippen LogP contribution >= 0.6 is 22.7 Å². The molecule has 2 heterocycles. The van der Waals surface area contributed by atoms with Gasteiger partial charge in [0.05, 0.1) is 15.6 Å². The lowest BCUT2D eigenvalue weighted by Gasteiger charge is -2.02. The van der Waals surface area contributed by atoms with Gasteiger partial charge in [0.1, 0.15) is 0 Å². The van der Waals surface area contributed by atoms with Crippen molar-refractivity contribution in [1.82, 2.24) is 10.3 Å². The van der Waals surface area contributed by atoms with Crippen molar-refractivity contribution in [2.75, 3.05) is 6.54 Å². The number of amides is 1. The van der Waals surface area contributed by atoms with Crippen molar-refractivity contribution in [3.8, 4) is 0 Å². The van der Waals surface area contributed by atoms with Gasteiger partial charge in [-0.25, -0.2) is 4.98 Å². The summed E-state index contributed by atoms with van der Waals surface area (Å²) in [5, 5.41) is 7.97. The molecule has 5 heteroatoms. The number of aromatic nitrogens is 1. The van der Waals surface area contributed by atoms with Gasteiger partial charge in [0.25, 0.3) is 5.91 Å². The highest BCUT2D eigenvalue weighted by atomic mass is 32.1. The van der Waals surface area contributed by atoms with E-state index in [0.717, 1.165) is 27.6 Å². The van der Waals surface area contributed by atoms with Gasteiger partial charge in [0, 0.05) is 18.3 Å². The van der Waals surface area contributed by atoms with Gasteiger partial charge in [-0.1, -0.05) is 0 Å². The van der Waals surface area contributed by atoms with Crippen molar-refractivity contribution in [2.45, 2.75) is 20.3 Å². The van der Waals surface area contributed by atoms with Gasteiger partial charge < -0.3 is 5.32 Å². The molecule has 90 valence electrons. The third kappa shape index (κ3) is 3.14. The third-order valence-electron chi connectivity index (χ3n) is 2.40. The first-order valence-electron chi connectivity index (χ1n) is 5.40. The second-order valence-corrected chi connectivity index (χ2v) is 5.77. The molecule has 0 atom stereocenters. The van der Waals surface area contributed by atoms with Gasteiger partial charge in [-0.05, 0) is 30.9 Å². The molecule has 3 nitrogen and oxygen atoms in total. The van der Waals surface area contributed by atoms with E-state index in [4.69, 9.17) is 0 Å². The highest BCUT2D eigenvalue weighted by Gasteiger charge is 2.09. The Morgan fingerprint density at radius 1 is 1.41 bits per heavy atom. The lowest BCUT2D eigenvalue weighted by molar-refractivity contribution is 0.0957. The maximum atomic E-state index is 11.8. The summed E-state index contributed by atoms with van der Waals surface area (Å²) in [6.45, 7) is 4.58. The lowest BCUT2D eigenvalue weighted by Crippen LogP contribution is -2.25. The number of hydrogen-bond acceptors (Lipinski definition) is 4. The fourth-order valence-electron chi connectivity index (χ4n) is 1.51. The SMILES string of the molecule is Cc1nc(CCNC(=O)c2sccc2C)cs1. The van der Waals surface area contributed by atoms with Gasteiger partial charge in [-0.2, -0.15) is 0 Å². The molecule has 1 amide bonds. The van der Waals surface area contributed by atoms with E-state index >= 15 is 0 Å². The molecule has 2 aromatic rings. The van der Waals surface area contributed by atoms with Gasteiger partial charge in [-0.15, -0.1) is 22.7 Å². The topological polar surface area (TPSA) is 42.0 Å². The van der Waals surface area contributed by atoms with Crippen LogP contribution in [-0.2, 0) is 6.42 Å². The van der Waals surface area contributed by atoms with Gasteiger partial charge in [0.2, 0.25) is 0 Å². The highest BCUT2D eigenvalue weighted by molar-refractivity contribution is 7.12. The summed E-state index contributed by atoms with van der Waals surface area (Å²) >= 11 is 3.12. The summed E-state index contributed by atoms with van der Waals surface area (Å²) in [7, 11) is 0. The van der Waals surface area contributed by atoms with Crippen LogP contribution in [0.15, 0.2) is 16.8 Å². The average molecular weight is 266 g/mol. The largest absolute Gasteiger partial charge is 0.351 e. The molecule has 2 rings (SSSR count). The minimum Gasteiger partial charge on any atom is -0.351 e. The van der Waals surface area contributed by atoms with Crippen LogP contribution in [0.5, 0.6) is 0 Å². The number of aryl methyl sites for hydroxylation is 2. The van der Waals surface area contributed by atoms with E-state index in [-0.39, 0.29) is 5.91 Å². The molecule has 2 aromatic heterocycles. The quantitative estimate of drug-likeness (QED) is 0.924. The Balaban J connectivity index is 1.83. The van der Waals surface area contributed by atoms with Crippen molar-refractivity contribution in [2.24, 2.45) is 0 Å². The van der Waals surface area contributed by atoms with Crippen LogP contribution in [0.4, 0.5) is 0 Å². The molecule has 0 saturated carbocycles. The van der Waals surface area contributed by atoms with Crippen LogP contribution in [-0.4, -0.2) is 17.4 Å². The minimum atomic E-state index is 0.0180. The van der Waals surface area contributed by atoms with E-state index in [9.17, 15) is 4.79 Å². The van der Waals surface area contributed by atoms with E-state index in [2.05, 4.69) is 10.3 Å². The first kappa shape index (κ1) is 12.3. The second-order valence-electron chi connectivity index (χ2n) is 3.80. The van der Waals surface area contributed by atoms with Crippen LogP contribution in [0.25, 0.3) is 0 Å². The van der Waals surface area contributed by atoms with E-state index in [1.807, 2.05) is 30.7 Å². The van der Waals surface area contributed by atoms with E-state index < -0.39 is 0 Å². The summed E-state index contributed by atoms with van der Waals surface area (Å²) in [5.41, 5.74) is 2.09. The first-order valence-corrected chi connectivity index (χ1v) is 7.16. The van der Waals surface area contributed by atoms with Crippen LogP contribution in [0.1, 0.15) is 25.9 Å². The number of nitrogens with one attached hydrogen (secondary N) is 1. The molecule has 0 fully saturated rings. The number of thiophene rings is 1. The molecule has 0 unspecified atom stereocenters. The first-order chi connectivity index (χ1) is 8.16. The molecule has 0 spiro atoms. The molecular weight excluding hydrogens is 252 g/mol. The number of hydrogen-bond donors (Lipinski definition) is 1. The summed E-state index contributed by atoms with van der Waals surface area (Å²) < 4.78 is 0. The average Bonchev–Trinajstić information content (AvgIpc) is 2.87. The molecular formula is C12H14N2OS2. The summed E-state index contributed by atoms with van der Waals surface area (Å²) in [4.78, 5) is 17.0. The Morgan fingerprint density at radius 3 is 2.82 bits per heavy atom. The standard InChI is InChI=1S/C12H14N2OS2/c1-8-4-6-16-11(8)12(15)13-5-3-10-7-17-9(2)14-10/h4,6-7H,3,5H2,1-2H3,(H,13,15). The minimum absolute atomic E-state index is 0.0180. The van der Waals surface area contributed by atoms with Crippen molar-refractivity contribution in [3.05, 3.63) is 38.0 Å². The van der Waals surface area contributed by atoms with E-state index in [1.165, 1.54) is 11.3 Å². The number of thiazole rings is 1. The fourth-order valence-corrected chi connectivity index (χ4v) is 3.00. The maximum Gasteiger partial charge on any atom is 0.261 e. The zero-order valence-corrected chi connectivity index (χ0v) is 11.5. The zero-order chi connectivity index (χ0) is 12.3. The monoisotopic (exact) mass is 266 g/mol. The number of carbonyl (C=O) groups excluding carboxylic acids is 1. The molecule has 0 saturated heterocycles. The van der Waals surface area contributed by atoms with Crippen LogP contribution < -0.4 is 5.32 Å². The smallest absolute Gasteiger partial charge is 0.261 e. The Labute approximate surface area is 109 Å². The van der Waals surface area contributed by atoms with Crippen molar-refractivity contribution < 1.29 is 4.79 Å². The number of nitrogens with zero attached hydrogens (tertiary/aromatic N) is 1. The Kier molecular flexibility index (Phi) is 3.91. The molecule has 0 aliphatic rings. The molecule has 0 aromatic carbocycles. The van der Waals surface area contributed by atoms with Crippen molar-refractivity contribution in [3.63, 3.8) is 0 Å². The summed E-state index contributed by atoms with van der Waals surface area (Å²) in [6.07, 6.45) is 0.792. The second kappa shape index (κ2) is 5.42. The molecule has 0 bridgehead atoms. The van der Waals surface area contributed by atoms with Crippen molar-refractivity contribution >= 4 is 28.6 Å². The summed E-state index contributed by atoms with van der Waals surface area (Å²) in [6, 6.07) is 1.96. The third-order valence-corrected chi connectivity index (χ3v) is 4.24. The van der Waals surface area contributed by atoms with Gasteiger partial charge in [0.15, 0.2) is 0 Å². The van der Waals surface area contributed by atoms with E-state index in [0.29, 0.717) is 6.54 Å².